The average Bonchev–Trinajstić information content (AvgIpc) is 2.56. The second-order valence-corrected chi connectivity index (χ2v) is 4.23. The molecule has 6 heteroatoms. The normalized spacial score (nSPS) is 20.3. The third-order valence-electron chi connectivity index (χ3n) is 2.59. The molecule has 0 aliphatic carbocycles. The molecule has 1 atom stereocenters. The van der Waals surface area contributed by atoms with Gasteiger partial charge in [-0.1, -0.05) is 0 Å². The Morgan fingerprint density at radius 1 is 1.56 bits per heavy atom. The lowest BCUT2D eigenvalue weighted by atomic mass is 10.1. The van der Waals surface area contributed by atoms with Crippen molar-refractivity contribution in [1.29, 1.82) is 0 Å². The minimum atomic E-state index is -0.585. The largest absolute Gasteiger partial charge is 0.368 e. The molecule has 0 aromatic carbocycles. The van der Waals surface area contributed by atoms with Gasteiger partial charge in [-0.05, 0) is 13.8 Å². The zero-order valence-electron chi connectivity index (χ0n) is 9.53. The Morgan fingerprint density at radius 2 is 2.19 bits per heavy atom. The van der Waals surface area contributed by atoms with Crippen LogP contribution in [-0.2, 0) is 14.4 Å². The summed E-state index contributed by atoms with van der Waals surface area (Å²) in [5.74, 6) is -1.25. The maximum atomic E-state index is 11.6. The summed E-state index contributed by atoms with van der Waals surface area (Å²) < 4.78 is 0. The second-order valence-electron chi connectivity index (χ2n) is 4.23. The summed E-state index contributed by atoms with van der Waals surface area (Å²) in [6.45, 7) is 4.05. The van der Waals surface area contributed by atoms with E-state index in [0.29, 0.717) is 6.54 Å². The second kappa shape index (κ2) is 4.96. The Balaban J connectivity index is 2.48. The molecule has 1 rings (SSSR count). The van der Waals surface area contributed by atoms with Crippen LogP contribution in [-0.4, -0.2) is 41.8 Å². The van der Waals surface area contributed by atoms with Gasteiger partial charge in [-0.2, -0.15) is 0 Å². The van der Waals surface area contributed by atoms with Crippen molar-refractivity contribution in [3.8, 4) is 0 Å². The average molecular weight is 227 g/mol. The van der Waals surface area contributed by atoms with Gasteiger partial charge in [0.1, 0.15) is 0 Å². The minimum absolute atomic E-state index is 0.0192. The van der Waals surface area contributed by atoms with Crippen molar-refractivity contribution >= 4 is 17.7 Å². The van der Waals surface area contributed by atoms with Crippen LogP contribution >= 0.6 is 0 Å². The molecule has 1 saturated heterocycles. The summed E-state index contributed by atoms with van der Waals surface area (Å²) in [7, 11) is 0. The van der Waals surface area contributed by atoms with Gasteiger partial charge in [-0.3, -0.25) is 14.4 Å². The number of likely N-dealkylation sites (tertiary alicyclic amines) is 1. The molecule has 0 aromatic heterocycles. The van der Waals surface area contributed by atoms with Crippen molar-refractivity contribution in [3.63, 3.8) is 0 Å². The van der Waals surface area contributed by atoms with E-state index in [1.165, 1.54) is 0 Å². The van der Waals surface area contributed by atoms with Crippen molar-refractivity contribution < 1.29 is 14.4 Å². The lowest BCUT2D eigenvalue weighted by Gasteiger charge is -2.20. The lowest BCUT2D eigenvalue weighted by molar-refractivity contribution is -0.130. The van der Waals surface area contributed by atoms with Crippen LogP contribution in [0.2, 0.25) is 0 Å². The number of rotatable bonds is 4. The van der Waals surface area contributed by atoms with E-state index in [1.54, 1.807) is 4.90 Å². The maximum absolute atomic E-state index is 11.6. The van der Waals surface area contributed by atoms with E-state index < -0.39 is 5.91 Å². The van der Waals surface area contributed by atoms with Crippen LogP contribution in [0.25, 0.3) is 0 Å². The van der Waals surface area contributed by atoms with Gasteiger partial charge < -0.3 is 16.0 Å². The first-order valence-electron chi connectivity index (χ1n) is 5.27. The Labute approximate surface area is 94.2 Å². The summed E-state index contributed by atoms with van der Waals surface area (Å²) >= 11 is 0. The third kappa shape index (κ3) is 2.95. The molecule has 6 nitrogen and oxygen atoms in total. The molecule has 1 aliphatic heterocycles. The van der Waals surface area contributed by atoms with Crippen LogP contribution in [0.15, 0.2) is 0 Å². The van der Waals surface area contributed by atoms with Gasteiger partial charge in [-0.25, -0.2) is 0 Å². The Hall–Kier alpha value is -1.59. The van der Waals surface area contributed by atoms with E-state index in [9.17, 15) is 14.4 Å². The number of carbonyl (C=O) groups is 3. The number of amides is 3. The van der Waals surface area contributed by atoms with Gasteiger partial charge in [0.15, 0.2) is 0 Å². The Kier molecular flexibility index (Phi) is 3.87. The zero-order valence-corrected chi connectivity index (χ0v) is 9.53. The van der Waals surface area contributed by atoms with E-state index in [-0.39, 0.29) is 36.7 Å². The Bertz CT molecular complexity index is 314. The predicted molar refractivity (Wildman–Crippen MR) is 57.2 cm³/mol. The van der Waals surface area contributed by atoms with Gasteiger partial charge in [0.05, 0.1) is 12.5 Å². The maximum Gasteiger partial charge on any atom is 0.236 e. The first-order valence-corrected chi connectivity index (χ1v) is 5.27. The topological polar surface area (TPSA) is 92.5 Å². The molecule has 3 amide bonds. The SMILES string of the molecule is CC(C)N1CC(C(=O)NCC(N)=O)CC1=O. The molecule has 1 fully saturated rings. The molecule has 0 bridgehead atoms. The monoisotopic (exact) mass is 227 g/mol. The summed E-state index contributed by atoms with van der Waals surface area (Å²) in [6, 6.07) is 0.0986. The van der Waals surface area contributed by atoms with Crippen LogP contribution in [0.3, 0.4) is 0 Å². The highest BCUT2D eigenvalue weighted by molar-refractivity contribution is 5.91. The summed E-state index contributed by atoms with van der Waals surface area (Å²) in [6.07, 6.45) is 0.211. The number of nitrogens with two attached hydrogens (primary N) is 1. The molecule has 0 spiro atoms. The van der Waals surface area contributed by atoms with E-state index in [2.05, 4.69) is 5.32 Å². The van der Waals surface area contributed by atoms with Gasteiger partial charge in [-0.15, -0.1) is 0 Å². The molecule has 90 valence electrons. The fourth-order valence-electron chi connectivity index (χ4n) is 1.72. The summed E-state index contributed by atoms with van der Waals surface area (Å²) in [5, 5.41) is 2.41. The fraction of sp³-hybridized carbons (Fsp3) is 0.700. The smallest absolute Gasteiger partial charge is 0.236 e. The molecular weight excluding hydrogens is 210 g/mol. The van der Waals surface area contributed by atoms with E-state index in [1.807, 2.05) is 13.8 Å². The van der Waals surface area contributed by atoms with E-state index >= 15 is 0 Å². The van der Waals surface area contributed by atoms with E-state index in [0.717, 1.165) is 0 Å². The molecule has 0 aromatic rings. The van der Waals surface area contributed by atoms with Crippen molar-refractivity contribution in [2.75, 3.05) is 13.1 Å². The highest BCUT2D eigenvalue weighted by Gasteiger charge is 2.35. The van der Waals surface area contributed by atoms with Crippen molar-refractivity contribution in [2.45, 2.75) is 26.3 Å². The summed E-state index contributed by atoms with van der Waals surface area (Å²) in [5.41, 5.74) is 4.91. The Morgan fingerprint density at radius 3 is 2.62 bits per heavy atom. The van der Waals surface area contributed by atoms with Crippen LogP contribution < -0.4 is 11.1 Å². The van der Waals surface area contributed by atoms with E-state index in [4.69, 9.17) is 5.73 Å². The number of nitrogens with zero attached hydrogens (tertiary/aromatic N) is 1. The number of carbonyl (C=O) groups excluding carboxylic acids is 3. The van der Waals surface area contributed by atoms with Gasteiger partial charge >= 0.3 is 0 Å². The minimum Gasteiger partial charge on any atom is -0.368 e. The zero-order chi connectivity index (χ0) is 12.3. The van der Waals surface area contributed by atoms with Crippen LogP contribution in [0.4, 0.5) is 0 Å². The fourth-order valence-corrected chi connectivity index (χ4v) is 1.72. The van der Waals surface area contributed by atoms with Crippen molar-refractivity contribution in [3.05, 3.63) is 0 Å². The molecule has 1 heterocycles. The third-order valence-corrected chi connectivity index (χ3v) is 2.59. The van der Waals surface area contributed by atoms with Crippen LogP contribution in [0, 0.1) is 5.92 Å². The summed E-state index contributed by atoms with van der Waals surface area (Å²) in [4.78, 5) is 35.2. The predicted octanol–water partition coefficient (Wildman–Crippen LogP) is -1.16. The molecule has 1 aliphatic rings. The van der Waals surface area contributed by atoms with Crippen molar-refractivity contribution in [1.82, 2.24) is 10.2 Å². The molecule has 0 saturated carbocycles. The van der Waals surface area contributed by atoms with Crippen LogP contribution in [0.5, 0.6) is 0 Å². The highest BCUT2D eigenvalue weighted by Crippen LogP contribution is 2.19. The van der Waals surface area contributed by atoms with Gasteiger partial charge in [0.2, 0.25) is 17.7 Å². The number of nitrogens with one attached hydrogen (secondary N) is 1. The lowest BCUT2D eigenvalue weighted by Crippen LogP contribution is -2.39. The van der Waals surface area contributed by atoms with Gasteiger partial charge in [0, 0.05) is 19.0 Å². The standard InChI is InChI=1S/C10H17N3O3/c1-6(2)13-5-7(3-9(13)15)10(16)12-4-8(11)14/h6-7H,3-5H2,1-2H3,(H2,11,14)(H,12,16). The number of hydrogen-bond acceptors (Lipinski definition) is 3. The first-order chi connectivity index (χ1) is 7.41. The number of primary amides is 1. The van der Waals surface area contributed by atoms with Crippen LogP contribution in [0.1, 0.15) is 20.3 Å². The molecule has 3 N–H and O–H groups in total. The highest BCUT2D eigenvalue weighted by atomic mass is 16.2. The molecule has 0 radical (unpaired) electrons. The molecule has 1 unspecified atom stereocenters. The molecular formula is C10H17N3O3. The quantitative estimate of drug-likeness (QED) is 0.634. The first kappa shape index (κ1) is 12.5. The molecule has 16 heavy (non-hydrogen) atoms. The number of hydrogen-bond donors (Lipinski definition) is 2. The van der Waals surface area contributed by atoms with Crippen molar-refractivity contribution in [2.24, 2.45) is 11.7 Å². The van der Waals surface area contributed by atoms with Gasteiger partial charge in [0.25, 0.3) is 0 Å².